The van der Waals surface area contributed by atoms with Crippen LogP contribution in [0.4, 0.5) is 5.69 Å². The lowest BCUT2D eigenvalue weighted by atomic mass is 10.00. The maximum atomic E-state index is 13.3. The fourth-order valence-electron chi connectivity index (χ4n) is 5.40. The van der Waals surface area contributed by atoms with Crippen LogP contribution in [0.2, 0.25) is 0 Å². The van der Waals surface area contributed by atoms with E-state index in [2.05, 4.69) is 33.4 Å². The number of carbonyl (C=O) groups is 2. The first-order valence-electron chi connectivity index (χ1n) is 12.3. The Morgan fingerprint density at radius 1 is 1.00 bits per heavy atom. The number of piperidine rings is 1. The molecule has 2 heterocycles. The van der Waals surface area contributed by atoms with Crippen molar-refractivity contribution in [1.82, 2.24) is 15.2 Å². The third-order valence-corrected chi connectivity index (χ3v) is 7.50. The quantitative estimate of drug-likeness (QED) is 0.755. The van der Waals surface area contributed by atoms with Crippen LogP contribution in [0.3, 0.4) is 0 Å². The van der Waals surface area contributed by atoms with Crippen LogP contribution in [0.1, 0.15) is 71.0 Å². The molecule has 6 heteroatoms. The van der Waals surface area contributed by atoms with Crippen LogP contribution in [0.5, 0.6) is 0 Å². The van der Waals surface area contributed by atoms with E-state index in [0.717, 1.165) is 74.1 Å². The molecule has 6 nitrogen and oxygen atoms in total. The molecular formula is C27H34N4O2. The molecule has 1 aromatic carbocycles. The van der Waals surface area contributed by atoms with Crippen molar-refractivity contribution in [1.29, 1.82) is 0 Å². The van der Waals surface area contributed by atoms with Crippen molar-refractivity contribution in [3.63, 3.8) is 0 Å². The van der Waals surface area contributed by atoms with Gasteiger partial charge in [-0.15, -0.1) is 0 Å². The van der Waals surface area contributed by atoms with Gasteiger partial charge in [-0.05, 0) is 87.8 Å². The zero-order chi connectivity index (χ0) is 23.1. The van der Waals surface area contributed by atoms with Crippen LogP contribution in [-0.2, 0) is 11.2 Å². The normalized spacial score (nSPS) is 20.5. The lowest BCUT2D eigenvalue weighted by Crippen LogP contribution is -2.45. The lowest BCUT2D eigenvalue weighted by molar-refractivity contribution is -0.123. The molecule has 1 atom stereocenters. The molecule has 1 aromatic heterocycles. The van der Waals surface area contributed by atoms with E-state index in [-0.39, 0.29) is 29.8 Å². The second kappa shape index (κ2) is 8.81. The Kier molecular flexibility index (Phi) is 5.85. The molecule has 0 radical (unpaired) electrons. The number of nitrogens with zero attached hydrogens (tertiary/aromatic N) is 3. The van der Waals surface area contributed by atoms with Gasteiger partial charge in [0.15, 0.2) is 0 Å². The van der Waals surface area contributed by atoms with Gasteiger partial charge in [0.05, 0.1) is 6.04 Å². The van der Waals surface area contributed by atoms with Gasteiger partial charge in [0.1, 0.15) is 0 Å². The molecule has 174 valence electrons. The fourth-order valence-corrected chi connectivity index (χ4v) is 5.40. The standard InChI is InChI=1S/C27H34N4O2/c1-17-14-23(15-18(2)28-17)31-12-10-22(11-13-31)30(3)27(33)21-7-4-19-8-9-25(24(19)16-21)29-26(32)20-5-6-20/h4,7,14-16,20,22,25H,5-6,8-13H2,1-3H3,(H,29,32). The van der Waals surface area contributed by atoms with Crippen LogP contribution >= 0.6 is 0 Å². The van der Waals surface area contributed by atoms with Gasteiger partial charge in [-0.25, -0.2) is 0 Å². The van der Waals surface area contributed by atoms with Gasteiger partial charge in [-0.3, -0.25) is 14.6 Å². The Labute approximate surface area is 196 Å². The Morgan fingerprint density at radius 2 is 1.70 bits per heavy atom. The predicted molar refractivity (Wildman–Crippen MR) is 129 cm³/mol. The average molecular weight is 447 g/mol. The monoisotopic (exact) mass is 446 g/mol. The maximum Gasteiger partial charge on any atom is 0.253 e. The number of benzene rings is 1. The minimum absolute atomic E-state index is 0.0432. The largest absolute Gasteiger partial charge is 0.371 e. The number of nitrogens with one attached hydrogen (secondary N) is 1. The fraction of sp³-hybridized carbons (Fsp3) is 0.519. The SMILES string of the molecule is Cc1cc(N2CCC(N(C)C(=O)c3ccc4c(c3)C(NC(=O)C3CC3)CC4)CC2)cc(C)n1. The van der Waals surface area contributed by atoms with Crippen molar-refractivity contribution in [2.75, 3.05) is 25.0 Å². The smallest absolute Gasteiger partial charge is 0.253 e. The summed E-state index contributed by atoms with van der Waals surface area (Å²) in [6.45, 7) is 5.94. The summed E-state index contributed by atoms with van der Waals surface area (Å²) in [6, 6.07) is 10.6. The summed E-state index contributed by atoms with van der Waals surface area (Å²) in [6.07, 6.45) is 5.80. The van der Waals surface area contributed by atoms with Crippen molar-refractivity contribution in [2.24, 2.45) is 5.92 Å². The van der Waals surface area contributed by atoms with Gasteiger partial charge in [-0.1, -0.05) is 6.07 Å². The number of fused-ring (bicyclic) bond motifs is 1. The second-order valence-corrected chi connectivity index (χ2v) is 10.0. The number of aryl methyl sites for hydroxylation is 3. The molecule has 3 aliphatic rings. The summed E-state index contributed by atoms with van der Waals surface area (Å²) in [5.74, 6) is 0.454. The maximum absolute atomic E-state index is 13.3. The molecular weight excluding hydrogens is 412 g/mol. The van der Waals surface area contributed by atoms with E-state index in [9.17, 15) is 9.59 Å². The van der Waals surface area contributed by atoms with E-state index < -0.39 is 0 Å². The van der Waals surface area contributed by atoms with Gasteiger partial charge in [-0.2, -0.15) is 0 Å². The number of aromatic nitrogens is 1. The number of anilines is 1. The molecule has 1 aliphatic heterocycles. The van der Waals surface area contributed by atoms with E-state index in [1.807, 2.05) is 37.9 Å². The molecule has 2 fully saturated rings. The van der Waals surface area contributed by atoms with Crippen LogP contribution < -0.4 is 10.2 Å². The topological polar surface area (TPSA) is 65.5 Å². The molecule has 2 aliphatic carbocycles. The van der Waals surface area contributed by atoms with E-state index in [4.69, 9.17) is 0 Å². The number of carbonyl (C=O) groups excluding carboxylic acids is 2. The zero-order valence-electron chi connectivity index (χ0n) is 19.9. The van der Waals surface area contributed by atoms with Crippen molar-refractivity contribution in [3.8, 4) is 0 Å². The number of hydrogen-bond acceptors (Lipinski definition) is 4. The Morgan fingerprint density at radius 3 is 2.36 bits per heavy atom. The highest BCUT2D eigenvalue weighted by Gasteiger charge is 2.33. The van der Waals surface area contributed by atoms with Gasteiger partial charge < -0.3 is 15.1 Å². The molecule has 1 saturated carbocycles. The summed E-state index contributed by atoms with van der Waals surface area (Å²) in [7, 11) is 1.93. The molecule has 0 spiro atoms. The number of pyridine rings is 1. The highest BCUT2D eigenvalue weighted by atomic mass is 16.2. The number of hydrogen-bond donors (Lipinski definition) is 1. The van der Waals surface area contributed by atoms with Crippen molar-refractivity contribution in [3.05, 3.63) is 58.4 Å². The first-order chi connectivity index (χ1) is 15.9. The molecule has 1 unspecified atom stereocenters. The second-order valence-electron chi connectivity index (χ2n) is 10.0. The summed E-state index contributed by atoms with van der Waals surface area (Å²) in [5.41, 5.74) is 6.43. The highest BCUT2D eigenvalue weighted by Crippen LogP contribution is 2.35. The zero-order valence-corrected chi connectivity index (χ0v) is 19.9. The minimum atomic E-state index is 0.0432. The third kappa shape index (κ3) is 4.61. The third-order valence-electron chi connectivity index (χ3n) is 7.50. The molecule has 0 bridgehead atoms. The van der Waals surface area contributed by atoms with E-state index in [1.165, 1.54) is 11.3 Å². The lowest BCUT2D eigenvalue weighted by Gasteiger charge is -2.38. The van der Waals surface area contributed by atoms with Crippen molar-refractivity contribution in [2.45, 2.75) is 64.5 Å². The van der Waals surface area contributed by atoms with E-state index in [1.54, 1.807) is 0 Å². The summed E-state index contributed by atoms with van der Waals surface area (Å²) >= 11 is 0. The molecule has 1 N–H and O–H groups in total. The van der Waals surface area contributed by atoms with Crippen LogP contribution in [0.25, 0.3) is 0 Å². The van der Waals surface area contributed by atoms with Gasteiger partial charge in [0, 0.05) is 54.7 Å². The summed E-state index contributed by atoms with van der Waals surface area (Å²) in [4.78, 5) is 34.4. The molecule has 33 heavy (non-hydrogen) atoms. The molecule has 1 saturated heterocycles. The number of amides is 2. The summed E-state index contributed by atoms with van der Waals surface area (Å²) < 4.78 is 0. The Hall–Kier alpha value is -2.89. The minimum Gasteiger partial charge on any atom is -0.371 e. The van der Waals surface area contributed by atoms with Crippen molar-refractivity contribution < 1.29 is 9.59 Å². The highest BCUT2D eigenvalue weighted by molar-refractivity contribution is 5.94. The average Bonchev–Trinajstić information content (AvgIpc) is 3.59. The van der Waals surface area contributed by atoms with Gasteiger partial charge in [0.2, 0.25) is 5.91 Å². The van der Waals surface area contributed by atoms with Gasteiger partial charge >= 0.3 is 0 Å². The Balaban J connectivity index is 1.23. The molecule has 2 amide bonds. The first-order valence-corrected chi connectivity index (χ1v) is 12.3. The first kappa shape index (κ1) is 21.9. The Bertz CT molecular complexity index is 1050. The molecule has 2 aromatic rings. The summed E-state index contributed by atoms with van der Waals surface area (Å²) in [5, 5.41) is 3.21. The van der Waals surface area contributed by atoms with Crippen LogP contribution in [0, 0.1) is 19.8 Å². The van der Waals surface area contributed by atoms with Crippen LogP contribution in [0.15, 0.2) is 30.3 Å². The van der Waals surface area contributed by atoms with Crippen LogP contribution in [-0.4, -0.2) is 47.9 Å². The van der Waals surface area contributed by atoms with E-state index >= 15 is 0 Å². The molecule has 5 rings (SSSR count). The number of rotatable bonds is 5. The van der Waals surface area contributed by atoms with Gasteiger partial charge in [0.25, 0.3) is 5.91 Å². The predicted octanol–water partition coefficient (Wildman–Crippen LogP) is 3.95. The van der Waals surface area contributed by atoms with Crippen molar-refractivity contribution >= 4 is 17.5 Å². The van der Waals surface area contributed by atoms with E-state index in [0.29, 0.717) is 0 Å².